The molecule has 0 unspecified atom stereocenters. The number of urea groups is 1. The summed E-state index contributed by atoms with van der Waals surface area (Å²) in [6, 6.07) is 5.96. The second kappa shape index (κ2) is 7.99. The minimum Gasteiger partial charge on any atom is -0.487 e. The third-order valence-corrected chi connectivity index (χ3v) is 5.84. The number of carbonyl (C=O) groups excluding carboxylic acids is 2. The molecular weight excluding hydrogens is 358 g/mol. The molecule has 0 bridgehead atoms. The number of nitrogens with zero attached hydrogens (tertiary/aromatic N) is 3. The minimum absolute atomic E-state index is 0.0132. The summed E-state index contributed by atoms with van der Waals surface area (Å²) in [5.74, 6) is 0.992. The van der Waals surface area contributed by atoms with Crippen LogP contribution in [0.15, 0.2) is 18.2 Å². The molecule has 7 nitrogen and oxygen atoms in total. The van der Waals surface area contributed by atoms with Gasteiger partial charge in [-0.05, 0) is 44.4 Å². The summed E-state index contributed by atoms with van der Waals surface area (Å²) in [6.07, 6.45) is 1.41. The van der Waals surface area contributed by atoms with Crippen LogP contribution in [-0.2, 0) is 9.53 Å². The Hall–Kier alpha value is -2.28. The van der Waals surface area contributed by atoms with Gasteiger partial charge >= 0.3 is 6.03 Å². The highest BCUT2D eigenvalue weighted by molar-refractivity contribution is 5.94. The van der Waals surface area contributed by atoms with E-state index < -0.39 is 0 Å². The van der Waals surface area contributed by atoms with E-state index in [2.05, 4.69) is 0 Å². The summed E-state index contributed by atoms with van der Waals surface area (Å²) in [6.45, 7) is 8.38. The molecule has 3 amide bonds. The first kappa shape index (κ1) is 19.1. The van der Waals surface area contributed by atoms with Crippen molar-refractivity contribution in [3.8, 4) is 5.75 Å². The van der Waals surface area contributed by atoms with Gasteiger partial charge in [-0.15, -0.1) is 0 Å². The number of fused-ring (bicyclic) bond motifs is 1. The molecule has 3 aliphatic heterocycles. The van der Waals surface area contributed by atoms with E-state index in [1.165, 1.54) is 0 Å². The summed E-state index contributed by atoms with van der Waals surface area (Å²) in [4.78, 5) is 31.6. The molecule has 0 radical (unpaired) electrons. The maximum absolute atomic E-state index is 13.2. The molecule has 2 saturated heterocycles. The number of carbonyl (C=O) groups is 2. The molecule has 1 aromatic carbocycles. The summed E-state index contributed by atoms with van der Waals surface area (Å²) in [7, 11) is 0. The molecule has 152 valence electrons. The van der Waals surface area contributed by atoms with Crippen LogP contribution in [0.3, 0.4) is 0 Å². The van der Waals surface area contributed by atoms with Crippen molar-refractivity contribution in [2.45, 2.75) is 32.8 Å². The van der Waals surface area contributed by atoms with Gasteiger partial charge in [-0.2, -0.15) is 0 Å². The Morgan fingerprint density at radius 2 is 1.75 bits per heavy atom. The van der Waals surface area contributed by atoms with Crippen molar-refractivity contribution in [1.29, 1.82) is 0 Å². The van der Waals surface area contributed by atoms with Crippen LogP contribution in [0, 0.1) is 12.8 Å². The second-order valence-electron chi connectivity index (χ2n) is 7.99. The number of aryl methyl sites for hydroxylation is 1. The maximum Gasteiger partial charge on any atom is 0.324 e. The SMILES string of the molecule is Cc1ccc2c(c1)N(C(=O)N1CCC(C(=O)N3CCOCC3)CC1)C[C@@H](C)O2. The molecule has 7 heteroatoms. The van der Waals surface area contributed by atoms with E-state index in [1.807, 2.05) is 46.7 Å². The molecule has 0 spiro atoms. The third kappa shape index (κ3) is 3.81. The smallest absolute Gasteiger partial charge is 0.324 e. The van der Waals surface area contributed by atoms with Crippen molar-refractivity contribution < 1.29 is 19.1 Å². The lowest BCUT2D eigenvalue weighted by Gasteiger charge is -2.40. The highest BCUT2D eigenvalue weighted by Crippen LogP contribution is 2.35. The average Bonchev–Trinajstić information content (AvgIpc) is 2.73. The molecule has 3 aliphatic rings. The predicted octanol–water partition coefficient (Wildman–Crippen LogP) is 2.27. The Bertz CT molecular complexity index is 739. The molecule has 0 aliphatic carbocycles. The number of hydrogen-bond acceptors (Lipinski definition) is 4. The first-order chi connectivity index (χ1) is 13.5. The van der Waals surface area contributed by atoms with E-state index >= 15 is 0 Å². The highest BCUT2D eigenvalue weighted by Gasteiger charge is 2.35. The van der Waals surface area contributed by atoms with Crippen LogP contribution in [0.25, 0.3) is 0 Å². The lowest BCUT2D eigenvalue weighted by Crippen LogP contribution is -2.52. The number of likely N-dealkylation sites (tertiary alicyclic amines) is 1. The normalized spacial score (nSPS) is 23.2. The van der Waals surface area contributed by atoms with Crippen molar-refractivity contribution in [2.24, 2.45) is 5.92 Å². The van der Waals surface area contributed by atoms with Crippen LogP contribution in [0.1, 0.15) is 25.3 Å². The Morgan fingerprint density at radius 3 is 2.46 bits per heavy atom. The summed E-state index contributed by atoms with van der Waals surface area (Å²) in [5.41, 5.74) is 1.94. The van der Waals surface area contributed by atoms with Crippen LogP contribution in [0.5, 0.6) is 5.75 Å². The van der Waals surface area contributed by atoms with Crippen molar-refractivity contribution in [1.82, 2.24) is 9.80 Å². The van der Waals surface area contributed by atoms with Gasteiger partial charge in [0.15, 0.2) is 0 Å². The van der Waals surface area contributed by atoms with Gasteiger partial charge in [0.05, 0.1) is 25.4 Å². The van der Waals surface area contributed by atoms with Gasteiger partial charge in [-0.25, -0.2) is 4.79 Å². The average molecular weight is 387 g/mol. The van der Waals surface area contributed by atoms with Crippen LogP contribution < -0.4 is 9.64 Å². The first-order valence-electron chi connectivity index (χ1n) is 10.2. The number of benzene rings is 1. The second-order valence-corrected chi connectivity index (χ2v) is 7.99. The minimum atomic E-state index is -0.0420. The molecule has 2 fully saturated rings. The number of morpholine rings is 1. The van der Waals surface area contributed by atoms with Crippen LogP contribution in [0.4, 0.5) is 10.5 Å². The maximum atomic E-state index is 13.2. The van der Waals surface area contributed by atoms with Gasteiger partial charge in [0, 0.05) is 32.1 Å². The van der Waals surface area contributed by atoms with E-state index in [0.29, 0.717) is 45.9 Å². The molecule has 1 aromatic rings. The topological polar surface area (TPSA) is 62.3 Å². The number of anilines is 1. The Kier molecular flexibility index (Phi) is 5.44. The van der Waals surface area contributed by atoms with Crippen molar-refractivity contribution in [3.63, 3.8) is 0 Å². The standard InChI is InChI=1S/C21H29N3O4/c1-15-3-4-19-18(13-15)24(14-16(2)28-19)21(26)23-7-5-17(6-8-23)20(25)22-9-11-27-12-10-22/h3-4,13,16-17H,5-12,14H2,1-2H3/t16-/m1/s1. The fourth-order valence-corrected chi connectivity index (χ4v) is 4.26. The summed E-state index contributed by atoms with van der Waals surface area (Å²) >= 11 is 0. The van der Waals surface area contributed by atoms with Gasteiger partial charge < -0.3 is 19.3 Å². The van der Waals surface area contributed by atoms with Crippen molar-refractivity contribution in [2.75, 3.05) is 50.8 Å². The van der Waals surface area contributed by atoms with Gasteiger partial charge in [0.25, 0.3) is 0 Å². The number of hydrogen-bond donors (Lipinski definition) is 0. The largest absolute Gasteiger partial charge is 0.487 e. The van der Waals surface area contributed by atoms with E-state index in [1.54, 1.807) is 0 Å². The lowest BCUT2D eigenvalue weighted by molar-refractivity contribution is -0.141. The zero-order valence-corrected chi connectivity index (χ0v) is 16.7. The monoisotopic (exact) mass is 387 g/mol. The van der Waals surface area contributed by atoms with Gasteiger partial charge in [-0.3, -0.25) is 9.69 Å². The zero-order chi connectivity index (χ0) is 19.7. The molecule has 0 N–H and O–H groups in total. The first-order valence-corrected chi connectivity index (χ1v) is 10.2. The fraction of sp³-hybridized carbons (Fsp3) is 0.619. The van der Waals surface area contributed by atoms with Crippen molar-refractivity contribution >= 4 is 17.6 Å². The fourth-order valence-electron chi connectivity index (χ4n) is 4.26. The Labute approximate surface area is 166 Å². The zero-order valence-electron chi connectivity index (χ0n) is 16.7. The summed E-state index contributed by atoms with van der Waals surface area (Å²) < 4.78 is 11.2. The van der Waals surface area contributed by atoms with Crippen molar-refractivity contribution in [3.05, 3.63) is 23.8 Å². The molecular formula is C21H29N3O4. The van der Waals surface area contributed by atoms with E-state index in [0.717, 1.165) is 29.8 Å². The van der Waals surface area contributed by atoms with Gasteiger partial charge in [-0.1, -0.05) is 6.07 Å². The van der Waals surface area contributed by atoms with Crippen LogP contribution >= 0.6 is 0 Å². The predicted molar refractivity (Wildman–Crippen MR) is 106 cm³/mol. The molecule has 1 atom stereocenters. The third-order valence-electron chi connectivity index (χ3n) is 5.84. The number of ether oxygens (including phenoxy) is 2. The highest BCUT2D eigenvalue weighted by atomic mass is 16.5. The summed E-state index contributed by atoms with van der Waals surface area (Å²) in [5, 5.41) is 0. The molecule has 4 rings (SSSR count). The molecule has 0 saturated carbocycles. The van der Waals surface area contributed by atoms with Crippen LogP contribution in [-0.4, -0.2) is 73.8 Å². The number of piperidine rings is 1. The number of amides is 3. The van der Waals surface area contributed by atoms with E-state index in [4.69, 9.17) is 9.47 Å². The molecule has 0 aromatic heterocycles. The molecule has 3 heterocycles. The Morgan fingerprint density at radius 1 is 1.04 bits per heavy atom. The molecule has 28 heavy (non-hydrogen) atoms. The quantitative estimate of drug-likeness (QED) is 0.742. The van der Waals surface area contributed by atoms with E-state index in [9.17, 15) is 9.59 Å². The lowest BCUT2D eigenvalue weighted by atomic mass is 9.95. The number of rotatable bonds is 1. The van der Waals surface area contributed by atoms with E-state index in [-0.39, 0.29) is 24.0 Å². The van der Waals surface area contributed by atoms with Gasteiger partial charge in [0.1, 0.15) is 11.9 Å². The van der Waals surface area contributed by atoms with Crippen LogP contribution in [0.2, 0.25) is 0 Å². The Balaban J connectivity index is 1.40. The van der Waals surface area contributed by atoms with Gasteiger partial charge in [0.2, 0.25) is 5.91 Å².